The topological polar surface area (TPSA) is 52.7 Å². The number of hydrogen-bond donors (Lipinski definition) is 1. The number of thiophene rings is 1. The molecule has 3 heterocycles. The third kappa shape index (κ3) is 4.58. The van der Waals surface area contributed by atoms with E-state index in [1.54, 1.807) is 4.90 Å². The molecule has 5 nitrogen and oxygen atoms in total. The van der Waals surface area contributed by atoms with Crippen molar-refractivity contribution < 1.29 is 9.59 Å². The molecule has 1 aromatic heterocycles. The molecule has 7 rings (SSSR count). The van der Waals surface area contributed by atoms with Crippen molar-refractivity contribution in [3.8, 4) is 11.1 Å². The van der Waals surface area contributed by atoms with E-state index in [1.807, 2.05) is 23.5 Å². The number of amides is 2. The van der Waals surface area contributed by atoms with Gasteiger partial charge >= 0.3 is 0 Å². The van der Waals surface area contributed by atoms with Gasteiger partial charge in [-0.3, -0.25) is 14.5 Å². The highest BCUT2D eigenvalue weighted by Crippen LogP contribution is 2.39. The van der Waals surface area contributed by atoms with E-state index >= 15 is 0 Å². The number of fused-ring (bicyclic) bond motifs is 4. The molecule has 2 amide bonds. The molecule has 196 valence electrons. The second-order valence-corrected chi connectivity index (χ2v) is 11.8. The van der Waals surface area contributed by atoms with Crippen molar-refractivity contribution in [2.24, 2.45) is 5.92 Å². The summed E-state index contributed by atoms with van der Waals surface area (Å²) in [5, 5.41) is 5.40. The van der Waals surface area contributed by atoms with Crippen molar-refractivity contribution in [1.82, 2.24) is 10.2 Å². The zero-order chi connectivity index (χ0) is 26.3. The van der Waals surface area contributed by atoms with E-state index in [1.165, 1.54) is 38.3 Å². The van der Waals surface area contributed by atoms with Crippen LogP contribution in [-0.4, -0.2) is 36.3 Å². The Morgan fingerprint density at radius 3 is 2.67 bits per heavy atom. The molecule has 0 radical (unpaired) electrons. The molecule has 0 bridgehead atoms. The quantitative estimate of drug-likeness (QED) is 0.310. The van der Waals surface area contributed by atoms with Crippen molar-refractivity contribution in [3.05, 3.63) is 111 Å². The van der Waals surface area contributed by atoms with E-state index in [2.05, 4.69) is 82.3 Å². The number of carbonyl (C=O) groups excluding carboxylic acids is 2. The largest absolute Gasteiger partial charge is 0.354 e. The molecule has 1 N–H and O–H groups in total. The summed E-state index contributed by atoms with van der Waals surface area (Å²) in [6, 6.07) is 27.5. The van der Waals surface area contributed by atoms with E-state index in [4.69, 9.17) is 0 Å². The summed E-state index contributed by atoms with van der Waals surface area (Å²) in [5.74, 6) is -0.357. The number of rotatable bonds is 6. The third-order valence-corrected chi connectivity index (χ3v) is 9.54. The number of anilines is 1. The van der Waals surface area contributed by atoms with Gasteiger partial charge in [0.05, 0.1) is 12.0 Å². The predicted octanol–water partition coefficient (Wildman–Crippen LogP) is 5.59. The second-order valence-electron chi connectivity index (χ2n) is 10.8. The van der Waals surface area contributed by atoms with Gasteiger partial charge in [0.2, 0.25) is 11.8 Å². The third-order valence-electron chi connectivity index (χ3n) is 8.52. The maximum Gasteiger partial charge on any atom is 0.227 e. The van der Waals surface area contributed by atoms with E-state index in [0.717, 1.165) is 31.6 Å². The van der Waals surface area contributed by atoms with Gasteiger partial charge in [0.25, 0.3) is 0 Å². The number of carbonyl (C=O) groups is 2. The van der Waals surface area contributed by atoms with E-state index in [-0.39, 0.29) is 30.2 Å². The highest BCUT2D eigenvalue weighted by molar-refractivity contribution is 7.10. The number of nitrogens with zero attached hydrogens (tertiary/aromatic N) is 2. The zero-order valence-electron chi connectivity index (χ0n) is 21.8. The van der Waals surface area contributed by atoms with Crippen LogP contribution < -0.4 is 10.2 Å². The molecule has 2 atom stereocenters. The van der Waals surface area contributed by atoms with Crippen molar-refractivity contribution in [2.75, 3.05) is 24.5 Å². The molecular formula is C33H31N3O2S. The van der Waals surface area contributed by atoms with Crippen LogP contribution in [0.4, 0.5) is 5.69 Å². The minimum Gasteiger partial charge on any atom is -0.354 e. The van der Waals surface area contributed by atoms with E-state index < -0.39 is 0 Å². The molecule has 1 fully saturated rings. The first-order valence-electron chi connectivity index (χ1n) is 13.8. The van der Waals surface area contributed by atoms with Crippen LogP contribution in [0.25, 0.3) is 11.1 Å². The Labute approximate surface area is 233 Å². The lowest BCUT2D eigenvalue weighted by atomic mass is 10.0. The lowest BCUT2D eigenvalue weighted by Crippen LogP contribution is -2.42. The van der Waals surface area contributed by atoms with Crippen LogP contribution in [0.2, 0.25) is 0 Å². The van der Waals surface area contributed by atoms with E-state index in [9.17, 15) is 9.59 Å². The fourth-order valence-electron chi connectivity index (χ4n) is 6.44. The minimum atomic E-state index is -0.343. The van der Waals surface area contributed by atoms with Crippen LogP contribution >= 0.6 is 11.3 Å². The first kappa shape index (κ1) is 24.3. The Morgan fingerprint density at radius 1 is 0.949 bits per heavy atom. The van der Waals surface area contributed by atoms with Gasteiger partial charge in [-0.05, 0) is 69.8 Å². The molecule has 0 saturated carbocycles. The smallest absolute Gasteiger partial charge is 0.227 e. The van der Waals surface area contributed by atoms with Gasteiger partial charge in [-0.25, -0.2) is 0 Å². The molecule has 1 aliphatic carbocycles. The van der Waals surface area contributed by atoms with Crippen molar-refractivity contribution >= 4 is 28.8 Å². The molecule has 6 heteroatoms. The fraction of sp³-hybridized carbons (Fsp3) is 0.273. The molecule has 39 heavy (non-hydrogen) atoms. The van der Waals surface area contributed by atoms with Gasteiger partial charge in [0.1, 0.15) is 0 Å². The van der Waals surface area contributed by atoms with Crippen LogP contribution in [0.1, 0.15) is 39.6 Å². The normalized spacial score (nSPS) is 18.9. The van der Waals surface area contributed by atoms with Crippen LogP contribution in [0.15, 0.2) is 84.2 Å². The molecule has 0 spiro atoms. The van der Waals surface area contributed by atoms with Crippen molar-refractivity contribution in [3.63, 3.8) is 0 Å². The Morgan fingerprint density at radius 2 is 1.77 bits per heavy atom. The van der Waals surface area contributed by atoms with Gasteiger partial charge in [-0.1, -0.05) is 60.7 Å². The number of hydrogen-bond acceptors (Lipinski definition) is 4. The maximum absolute atomic E-state index is 13.4. The number of benzene rings is 3. The summed E-state index contributed by atoms with van der Waals surface area (Å²) in [5.41, 5.74) is 8.59. The van der Waals surface area contributed by atoms with Gasteiger partial charge in [-0.2, -0.15) is 0 Å². The van der Waals surface area contributed by atoms with Crippen LogP contribution in [0.3, 0.4) is 0 Å². The van der Waals surface area contributed by atoms with Crippen molar-refractivity contribution in [2.45, 2.75) is 31.8 Å². The molecule has 2 aliphatic heterocycles. The van der Waals surface area contributed by atoms with Crippen molar-refractivity contribution in [1.29, 1.82) is 0 Å². The highest BCUT2D eigenvalue weighted by Gasteiger charge is 2.36. The first-order valence-corrected chi connectivity index (χ1v) is 14.7. The van der Waals surface area contributed by atoms with E-state index in [0.29, 0.717) is 13.1 Å². The molecule has 4 aromatic rings. The van der Waals surface area contributed by atoms with Crippen LogP contribution in [0, 0.1) is 5.92 Å². The fourth-order valence-corrected chi connectivity index (χ4v) is 7.33. The molecular weight excluding hydrogens is 502 g/mol. The SMILES string of the molecule is O=C(NCC(c1ccccc1)N1CCc2sccc2C1)C1CC(=O)N(c2ccc3c(c2)Cc2ccccc2-3)C1. The molecule has 3 aliphatic rings. The maximum atomic E-state index is 13.4. The summed E-state index contributed by atoms with van der Waals surface area (Å²) >= 11 is 1.84. The minimum absolute atomic E-state index is 0.0197. The average molecular weight is 534 g/mol. The Hall–Kier alpha value is -3.74. The average Bonchev–Trinajstić information content (AvgIpc) is 3.69. The summed E-state index contributed by atoms with van der Waals surface area (Å²) in [6.45, 7) is 2.82. The first-order chi connectivity index (χ1) is 19.1. The van der Waals surface area contributed by atoms with Gasteiger partial charge in [0, 0.05) is 43.2 Å². The zero-order valence-corrected chi connectivity index (χ0v) is 22.6. The molecule has 2 unspecified atom stereocenters. The number of nitrogens with one attached hydrogen (secondary N) is 1. The van der Waals surface area contributed by atoms with Crippen LogP contribution in [0.5, 0.6) is 0 Å². The summed E-state index contributed by atoms with van der Waals surface area (Å²) in [6.07, 6.45) is 2.18. The highest BCUT2D eigenvalue weighted by atomic mass is 32.1. The van der Waals surface area contributed by atoms with Gasteiger partial charge < -0.3 is 10.2 Å². The Kier molecular flexibility index (Phi) is 6.30. The molecule has 3 aromatic carbocycles. The van der Waals surface area contributed by atoms with Crippen LogP contribution in [-0.2, 0) is 29.0 Å². The lowest BCUT2D eigenvalue weighted by Gasteiger charge is -2.35. The lowest BCUT2D eigenvalue weighted by molar-refractivity contribution is -0.126. The van der Waals surface area contributed by atoms with Gasteiger partial charge in [-0.15, -0.1) is 11.3 Å². The standard InChI is InChI=1S/C33H31N3O2S/c37-32-18-26(21-36(32)27-10-11-29-25(17-27)16-23-8-4-5-9-28(23)29)33(38)34-19-30(22-6-2-1-3-7-22)35-14-12-31-24(20-35)13-15-39-31/h1-11,13,15,17,26,30H,12,14,16,18-21H2,(H,34,38). The summed E-state index contributed by atoms with van der Waals surface area (Å²) in [7, 11) is 0. The Bertz CT molecular complexity index is 1550. The summed E-state index contributed by atoms with van der Waals surface area (Å²) in [4.78, 5) is 32.2. The summed E-state index contributed by atoms with van der Waals surface area (Å²) < 4.78 is 0. The second kappa shape index (κ2) is 10.1. The monoisotopic (exact) mass is 533 g/mol. The van der Waals surface area contributed by atoms with Gasteiger partial charge in [0.15, 0.2) is 0 Å². The molecule has 1 saturated heterocycles. The predicted molar refractivity (Wildman–Crippen MR) is 156 cm³/mol. The Balaban J connectivity index is 1.04.